The fourth-order valence-electron chi connectivity index (χ4n) is 3.37. The van der Waals surface area contributed by atoms with Crippen LogP contribution < -0.4 is 14.4 Å². The number of carbonyl (C=O) groups excluding carboxylic acids is 2. The summed E-state index contributed by atoms with van der Waals surface area (Å²) in [4.78, 5) is 27.4. The van der Waals surface area contributed by atoms with Gasteiger partial charge in [-0.15, -0.1) is 0 Å². The van der Waals surface area contributed by atoms with E-state index in [4.69, 9.17) is 39.5 Å². The van der Waals surface area contributed by atoms with Gasteiger partial charge in [-0.3, -0.25) is 13.9 Å². The third-order valence-electron chi connectivity index (χ3n) is 5.06. The van der Waals surface area contributed by atoms with E-state index < -0.39 is 28.5 Å². The quantitative estimate of drug-likeness (QED) is 0.483. The SMILES string of the molecule is CCC(C(=O)NC)N(Cc1ccc(Cl)c(Cl)c1)C(=O)CN(c1cc(Cl)ccc1OC)S(C)(=O)=O. The summed E-state index contributed by atoms with van der Waals surface area (Å²) < 4.78 is 31.6. The lowest BCUT2D eigenvalue weighted by molar-refractivity contribution is -0.140. The molecule has 2 aromatic rings. The summed E-state index contributed by atoms with van der Waals surface area (Å²) in [6.45, 7) is 1.18. The first kappa shape index (κ1) is 28.0. The molecule has 0 heterocycles. The van der Waals surface area contributed by atoms with Gasteiger partial charge in [-0.2, -0.15) is 0 Å². The number of methoxy groups -OCH3 is 1. The van der Waals surface area contributed by atoms with Gasteiger partial charge in [0.2, 0.25) is 21.8 Å². The average molecular weight is 551 g/mol. The van der Waals surface area contributed by atoms with Gasteiger partial charge in [-0.05, 0) is 42.3 Å². The smallest absolute Gasteiger partial charge is 0.244 e. The number of hydrogen-bond acceptors (Lipinski definition) is 5. The second-order valence-corrected chi connectivity index (χ2v) is 10.6. The van der Waals surface area contributed by atoms with Crippen molar-refractivity contribution in [2.24, 2.45) is 0 Å². The summed E-state index contributed by atoms with van der Waals surface area (Å²) >= 11 is 18.2. The van der Waals surface area contributed by atoms with Crippen molar-refractivity contribution in [3.63, 3.8) is 0 Å². The van der Waals surface area contributed by atoms with Gasteiger partial charge >= 0.3 is 0 Å². The Morgan fingerprint density at radius 3 is 2.29 bits per heavy atom. The molecule has 2 aromatic carbocycles. The molecule has 186 valence electrons. The maximum absolute atomic E-state index is 13.5. The number of benzene rings is 2. The number of carbonyl (C=O) groups is 2. The molecule has 0 spiro atoms. The number of halogens is 3. The van der Waals surface area contributed by atoms with Crippen molar-refractivity contribution in [1.29, 1.82) is 0 Å². The van der Waals surface area contributed by atoms with Gasteiger partial charge in [0.25, 0.3) is 0 Å². The molecular weight excluding hydrogens is 525 g/mol. The molecule has 0 aromatic heterocycles. The van der Waals surface area contributed by atoms with Crippen molar-refractivity contribution < 1.29 is 22.7 Å². The molecule has 2 rings (SSSR count). The Bertz CT molecular complexity index is 1160. The lowest BCUT2D eigenvalue weighted by Crippen LogP contribution is -2.51. The number of ether oxygens (including phenoxy) is 1. The predicted octanol–water partition coefficient (Wildman–Crippen LogP) is 3.97. The monoisotopic (exact) mass is 549 g/mol. The minimum Gasteiger partial charge on any atom is -0.495 e. The predicted molar refractivity (Wildman–Crippen MR) is 135 cm³/mol. The Hall–Kier alpha value is -2.20. The Morgan fingerprint density at radius 2 is 1.76 bits per heavy atom. The Balaban J connectivity index is 2.52. The fraction of sp³-hybridized carbons (Fsp3) is 0.364. The van der Waals surface area contributed by atoms with Crippen LogP contribution in [0, 0.1) is 0 Å². The number of anilines is 1. The second kappa shape index (κ2) is 12.0. The molecule has 1 unspecified atom stereocenters. The van der Waals surface area contributed by atoms with Crippen LogP contribution in [0.4, 0.5) is 5.69 Å². The summed E-state index contributed by atoms with van der Waals surface area (Å²) in [6, 6.07) is 8.45. The third-order valence-corrected chi connectivity index (χ3v) is 7.16. The normalized spacial score (nSPS) is 12.1. The molecule has 0 saturated carbocycles. The topological polar surface area (TPSA) is 96.0 Å². The highest BCUT2D eigenvalue weighted by Crippen LogP contribution is 2.33. The average Bonchev–Trinajstić information content (AvgIpc) is 2.78. The largest absolute Gasteiger partial charge is 0.495 e. The lowest BCUT2D eigenvalue weighted by Gasteiger charge is -2.33. The maximum atomic E-state index is 13.5. The van der Waals surface area contributed by atoms with E-state index in [0.717, 1.165) is 10.6 Å². The molecule has 0 saturated heterocycles. The highest BCUT2D eigenvalue weighted by Gasteiger charge is 2.32. The van der Waals surface area contributed by atoms with Gasteiger partial charge in [0, 0.05) is 18.6 Å². The van der Waals surface area contributed by atoms with E-state index in [9.17, 15) is 18.0 Å². The molecule has 2 amide bonds. The minimum absolute atomic E-state index is 0.00588. The van der Waals surface area contributed by atoms with Crippen LogP contribution in [0.25, 0.3) is 0 Å². The molecule has 34 heavy (non-hydrogen) atoms. The zero-order chi connectivity index (χ0) is 25.6. The highest BCUT2D eigenvalue weighted by atomic mass is 35.5. The van der Waals surface area contributed by atoms with E-state index >= 15 is 0 Å². The van der Waals surface area contributed by atoms with Crippen LogP contribution in [0.5, 0.6) is 5.75 Å². The second-order valence-electron chi connectivity index (χ2n) is 7.39. The van der Waals surface area contributed by atoms with Gasteiger partial charge < -0.3 is 15.0 Å². The number of hydrogen-bond donors (Lipinski definition) is 1. The van der Waals surface area contributed by atoms with Gasteiger partial charge in [0.05, 0.1) is 29.1 Å². The van der Waals surface area contributed by atoms with Crippen molar-refractivity contribution in [3.05, 3.63) is 57.0 Å². The van der Waals surface area contributed by atoms with Gasteiger partial charge in [-0.1, -0.05) is 47.8 Å². The van der Waals surface area contributed by atoms with E-state index in [2.05, 4.69) is 5.32 Å². The Labute approximate surface area is 214 Å². The van der Waals surface area contributed by atoms with Crippen LogP contribution in [-0.4, -0.2) is 58.1 Å². The first-order valence-electron chi connectivity index (χ1n) is 10.2. The van der Waals surface area contributed by atoms with E-state index in [0.29, 0.717) is 22.0 Å². The Morgan fingerprint density at radius 1 is 1.09 bits per heavy atom. The first-order chi connectivity index (χ1) is 15.9. The van der Waals surface area contributed by atoms with E-state index in [1.165, 1.54) is 31.2 Å². The number of sulfonamides is 1. The number of amides is 2. The van der Waals surface area contributed by atoms with Crippen LogP contribution in [0.2, 0.25) is 15.1 Å². The van der Waals surface area contributed by atoms with Crippen LogP contribution in [-0.2, 0) is 26.2 Å². The van der Waals surface area contributed by atoms with Gasteiger partial charge in [0.15, 0.2) is 0 Å². The summed E-state index contributed by atoms with van der Waals surface area (Å²) in [5, 5.41) is 3.45. The molecule has 0 fully saturated rings. The number of nitrogens with zero attached hydrogens (tertiary/aromatic N) is 2. The van der Waals surface area contributed by atoms with Gasteiger partial charge in [-0.25, -0.2) is 8.42 Å². The minimum atomic E-state index is -3.93. The van der Waals surface area contributed by atoms with E-state index in [-0.39, 0.29) is 28.9 Å². The zero-order valence-electron chi connectivity index (χ0n) is 19.1. The van der Waals surface area contributed by atoms with Gasteiger partial charge in [0.1, 0.15) is 18.3 Å². The van der Waals surface area contributed by atoms with Crippen molar-refractivity contribution in [2.45, 2.75) is 25.9 Å². The molecule has 0 aliphatic carbocycles. The molecule has 1 atom stereocenters. The molecule has 0 radical (unpaired) electrons. The van der Waals surface area contributed by atoms with Crippen LogP contribution in [0.15, 0.2) is 36.4 Å². The zero-order valence-corrected chi connectivity index (χ0v) is 22.2. The molecule has 0 aliphatic rings. The standard InChI is InChI=1S/C22H26Cl3N3O5S/c1-5-18(22(30)26-2)27(12-14-6-8-16(24)17(25)10-14)21(29)13-28(34(4,31)32)19-11-15(23)7-9-20(19)33-3/h6-11,18H,5,12-13H2,1-4H3,(H,26,30). The van der Waals surface area contributed by atoms with Crippen LogP contribution in [0.1, 0.15) is 18.9 Å². The summed E-state index contributed by atoms with van der Waals surface area (Å²) in [7, 11) is -1.09. The number of nitrogens with one attached hydrogen (secondary N) is 1. The lowest BCUT2D eigenvalue weighted by atomic mass is 10.1. The molecule has 0 aliphatic heterocycles. The van der Waals surface area contributed by atoms with E-state index in [1.807, 2.05) is 0 Å². The summed E-state index contributed by atoms with van der Waals surface area (Å²) in [5.41, 5.74) is 0.727. The van der Waals surface area contributed by atoms with Crippen molar-refractivity contribution >= 4 is 62.3 Å². The maximum Gasteiger partial charge on any atom is 0.244 e. The molecule has 1 N–H and O–H groups in total. The van der Waals surface area contributed by atoms with Crippen molar-refractivity contribution in [2.75, 3.05) is 31.3 Å². The van der Waals surface area contributed by atoms with E-state index in [1.54, 1.807) is 31.2 Å². The van der Waals surface area contributed by atoms with Crippen molar-refractivity contribution in [3.8, 4) is 5.75 Å². The summed E-state index contributed by atoms with van der Waals surface area (Å²) in [5.74, 6) is -0.770. The summed E-state index contributed by atoms with van der Waals surface area (Å²) in [6.07, 6.45) is 1.27. The number of rotatable bonds is 10. The van der Waals surface area contributed by atoms with Crippen molar-refractivity contribution in [1.82, 2.24) is 10.2 Å². The Kier molecular flexibility index (Phi) is 9.87. The molecule has 8 nitrogen and oxygen atoms in total. The first-order valence-corrected chi connectivity index (χ1v) is 13.2. The van der Waals surface area contributed by atoms with Crippen LogP contribution in [0.3, 0.4) is 0 Å². The number of likely N-dealkylation sites (N-methyl/N-ethyl adjacent to an activating group) is 1. The molecule has 12 heteroatoms. The fourth-order valence-corrected chi connectivity index (χ4v) is 4.71. The van der Waals surface area contributed by atoms with Crippen LogP contribution >= 0.6 is 34.8 Å². The molecular formula is C22H26Cl3N3O5S. The third kappa shape index (κ3) is 6.91. The molecule has 0 bridgehead atoms. The highest BCUT2D eigenvalue weighted by molar-refractivity contribution is 7.92.